The van der Waals surface area contributed by atoms with Crippen molar-refractivity contribution in [3.05, 3.63) is 41.9 Å². The molecule has 1 atom stereocenters. The fourth-order valence-electron chi connectivity index (χ4n) is 2.73. The summed E-state index contributed by atoms with van der Waals surface area (Å²) in [5, 5.41) is 3.02. The molecule has 9 heteroatoms. The molecule has 0 radical (unpaired) electrons. The summed E-state index contributed by atoms with van der Waals surface area (Å²) in [4.78, 5) is 24.2. The van der Waals surface area contributed by atoms with Crippen LogP contribution in [0.15, 0.2) is 41.8 Å². The molecule has 0 aromatic heterocycles. The Kier molecular flexibility index (Phi) is 7.41. The third kappa shape index (κ3) is 5.54. The maximum atomic E-state index is 12.6. The van der Waals surface area contributed by atoms with Gasteiger partial charge in [0.1, 0.15) is 0 Å². The molecule has 1 fully saturated rings. The van der Waals surface area contributed by atoms with Gasteiger partial charge in [0.25, 0.3) is 5.91 Å². The number of ether oxygens (including phenoxy) is 1. The molecule has 7 nitrogen and oxygen atoms in total. The number of esters is 1. The molecule has 1 aromatic carbocycles. The van der Waals surface area contributed by atoms with Crippen molar-refractivity contribution < 1.29 is 22.7 Å². The largest absolute Gasteiger partial charge is 0.452 e. The van der Waals surface area contributed by atoms with Crippen LogP contribution in [0, 0.1) is 5.92 Å². The lowest BCUT2D eigenvalue weighted by Gasteiger charge is -2.30. The molecule has 1 aliphatic heterocycles. The number of hydrogen-bond acceptors (Lipinski definition) is 5. The number of carbonyl (C=O) groups is 2. The predicted molar refractivity (Wildman–Crippen MR) is 102 cm³/mol. The maximum Gasteiger partial charge on any atom is 0.309 e. The van der Waals surface area contributed by atoms with Crippen molar-refractivity contribution in [1.82, 2.24) is 9.62 Å². The average Bonchev–Trinajstić information content (AvgIpc) is 2.66. The third-order valence-corrected chi connectivity index (χ3v) is 6.49. The highest BCUT2D eigenvalue weighted by atomic mass is 35.5. The van der Waals surface area contributed by atoms with Crippen LogP contribution < -0.4 is 5.32 Å². The predicted octanol–water partition coefficient (Wildman–Crippen LogP) is 1.97. The van der Waals surface area contributed by atoms with Gasteiger partial charge in [0.15, 0.2) is 6.10 Å². The zero-order chi connectivity index (χ0) is 20.0. The van der Waals surface area contributed by atoms with Crippen molar-refractivity contribution in [3.8, 4) is 0 Å². The maximum absolute atomic E-state index is 12.6. The number of benzene rings is 1. The Labute approximate surface area is 164 Å². The monoisotopic (exact) mass is 414 g/mol. The summed E-state index contributed by atoms with van der Waals surface area (Å²) in [6, 6.07) is 5.97. The number of rotatable bonds is 7. The summed E-state index contributed by atoms with van der Waals surface area (Å²) < 4.78 is 31.8. The topological polar surface area (TPSA) is 92.8 Å². The molecule has 1 N–H and O–H groups in total. The van der Waals surface area contributed by atoms with E-state index in [1.807, 2.05) is 0 Å². The summed E-state index contributed by atoms with van der Waals surface area (Å²) in [6.07, 6.45) is 1.30. The molecule has 0 saturated carbocycles. The molecule has 1 saturated heterocycles. The quantitative estimate of drug-likeness (QED) is 0.544. The molecule has 148 valence electrons. The van der Waals surface area contributed by atoms with Crippen molar-refractivity contribution in [2.75, 3.05) is 19.6 Å². The molecule has 27 heavy (non-hydrogen) atoms. The molecule has 0 spiro atoms. The van der Waals surface area contributed by atoms with Crippen LogP contribution >= 0.6 is 11.6 Å². The smallest absolute Gasteiger partial charge is 0.309 e. The molecule has 1 heterocycles. The van der Waals surface area contributed by atoms with E-state index in [2.05, 4.69) is 11.9 Å². The molecular weight excluding hydrogens is 392 g/mol. The van der Waals surface area contributed by atoms with Gasteiger partial charge in [-0.25, -0.2) is 8.42 Å². The summed E-state index contributed by atoms with van der Waals surface area (Å²) >= 11 is 5.80. The minimum atomic E-state index is -3.63. The first-order chi connectivity index (χ1) is 12.8. The SMILES string of the molecule is C=CCNC(=O)[C@H](C)OC(=O)C1CCN(S(=O)(=O)c2ccc(Cl)cc2)CC1. The van der Waals surface area contributed by atoms with Gasteiger partial charge in [-0.15, -0.1) is 6.58 Å². The van der Waals surface area contributed by atoms with E-state index in [-0.39, 0.29) is 18.0 Å². The van der Waals surface area contributed by atoms with Crippen molar-refractivity contribution in [2.24, 2.45) is 5.92 Å². The Hall–Kier alpha value is -1.90. The Balaban J connectivity index is 1.90. The van der Waals surface area contributed by atoms with E-state index in [0.29, 0.717) is 24.4 Å². The van der Waals surface area contributed by atoms with Crippen molar-refractivity contribution in [3.63, 3.8) is 0 Å². The molecular formula is C18H23ClN2O5S. The summed E-state index contributed by atoms with van der Waals surface area (Å²) in [7, 11) is -3.63. The summed E-state index contributed by atoms with van der Waals surface area (Å²) in [6.45, 7) is 5.71. The lowest BCUT2D eigenvalue weighted by Crippen LogP contribution is -2.42. The number of hydrogen-bond donors (Lipinski definition) is 1. The number of piperidine rings is 1. The van der Waals surface area contributed by atoms with E-state index in [4.69, 9.17) is 16.3 Å². The Morgan fingerprint density at radius 3 is 2.48 bits per heavy atom. The first-order valence-corrected chi connectivity index (χ1v) is 10.4. The van der Waals surface area contributed by atoms with Gasteiger partial charge in [0.2, 0.25) is 10.0 Å². The van der Waals surface area contributed by atoms with E-state index in [9.17, 15) is 18.0 Å². The van der Waals surface area contributed by atoms with E-state index in [0.717, 1.165) is 0 Å². The molecule has 0 aliphatic carbocycles. The number of nitrogens with one attached hydrogen (secondary N) is 1. The lowest BCUT2D eigenvalue weighted by molar-refractivity contribution is -0.159. The van der Waals surface area contributed by atoms with Crippen LogP contribution in [0.5, 0.6) is 0 Å². The molecule has 1 aliphatic rings. The Morgan fingerprint density at radius 1 is 1.33 bits per heavy atom. The Bertz CT molecular complexity index is 786. The van der Waals surface area contributed by atoms with Crippen molar-refractivity contribution in [2.45, 2.75) is 30.8 Å². The minimum absolute atomic E-state index is 0.167. The molecule has 1 amide bonds. The third-order valence-electron chi connectivity index (χ3n) is 4.32. The second-order valence-electron chi connectivity index (χ2n) is 6.25. The van der Waals surface area contributed by atoms with Crippen LogP contribution in [0.2, 0.25) is 5.02 Å². The van der Waals surface area contributed by atoms with Crippen molar-refractivity contribution >= 4 is 33.5 Å². The van der Waals surface area contributed by atoms with Gasteiger partial charge in [-0.1, -0.05) is 17.7 Å². The van der Waals surface area contributed by atoms with Gasteiger partial charge < -0.3 is 10.1 Å². The van der Waals surface area contributed by atoms with E-state index in [1.165, 1.54) is 41.6 Å². The van der Waals surface area contributed by atoms with Gasteiger partial charge in [0.05, 0.1) is 10.8 Å². The van der Waals surface area contributed by atoms with Gasteiger partial charge in [-0.2, -0.15) is 4.31 Å². The van der Waals surface area contributed by atoms with E-state index in [1.54, 1.807) is 0 Å². The van der Waals surface area contributed by atoms with Gasteiger partial charge >= 0.3 is 5.97 Å². The minimum Gasteiger partial charge on any atom is -0.452 e. The average molecular weight is 415 g/mol. The first kappa shape index (κ1) is 21.4. The van der Waals surface area contributed by atoms with Crippen LogP contribution in [0.4, 0.5) is 0 Å². The number of halogens is 1. The molecule has 0 unspecified atom stereocenters. The standard InChI is InChI=1S/C18H23ClN2O5S/c1-3-10-20-17(22)13(2)26-18(23)14-8-11-21(12-9-14)27(24,25)16-6-4-15(19)5-7-16/h3-7,13-14H,1,8-12H2,2H3,(H,20,22)/t13-/m0/s1. The van der Waals surface area contributed by atoms with Crippen molar-refractivity contribution in [1.29, 1.82) is 0 Å². The highest BCUT2D eigenvalue weighted by Crippen LogP contribution is 2.25. The van der Waals surface area contributed by atoms with Gasteiger partial charge in [0, 0.05) is 24.7 Å². The molecule has 1 aromatic rings. The fourth-order valence-corrected chi connectivity index (χ4v) is 4.32. The van der Waals surface area contributed by atoms with Gasteiger partial charge in [-0.3, -0.25) is 9.59 Å². The van der Waals surface area contributed by atoms with Crippen LogP contribution in [-0.4, -0.2) is 50.3 Å². The van der Waals surface area contributed by atoms with Crippen LogP contribution in [0.1, 0.15) is 19.8 Å². The summed E-state index contributed by atoms with van der Waals surface area (Å²) in [5.41, 5.74) is 0. The first-order valence-electron chi connectivity index (χ1n) is 8.60. The second-order valence-corrected chi connectivity index (χ2v) is 8.62. The highest BCUT2D eigenvalue weighted by Gasteiger charge is 2.33. The second kappa shape index (κ2) is 9.34. The van der Waals surface area contributed by atoms with E-state index < -0.39 is 33.9 Å². The zero-order valence-electron chi connectivity index (χ0n) is 15.1. The summed E-state index contributed by atoms with van der Waals surface area (Å²) in [5.74, 6) is -1.32. The number of carbonyl (C=O) groups excluding carboxylic acids is 2. The van der Waals surface area contributed by atoms with Crippen LogP contribution in [-0.2, 0) is 24.3 Å². The Morgan fingerprint density at radius 2 is 1.93 bits per heavy atom. The van der Waals surface area contributed by atoms with Crippen LogP contribution in [0.25, 0.3) is 0 Å². The number of amides is 1. The highest BCUT2D eigenvalue weighted by molar-refractivity contribution is 7.89. The number of sulfonamides is 1. The molecule has 0 bridgehead atoms. The zero-order valence-corrected chi connectivity index (χ0v) is 16.6. The van der Waals surface area contributed by atoms with Crippen LogP contribution in [0.3, 0.4) is 0 Å². The van der Waals surface area contributed by atoms with Gasteiger partial charge in [-0.05, 0) is 44.0 Å². The van der Waals surface area contributed by atoms with E-state index >= 15 is 0 Å². The lowest BCUT2D eigenvalue weighted by atomic mass is 9.98. The fraction of sp³-hybridized carbons (Fsp3) is 0.444. The normalized spacial score (nSPS) is 17.1. The number of nitrogens with zero attached hydrogens (tertiary/aromatic N) is 1. The molecule has 2 rings (SSSR count).